The van der Waals surface area contributed by atoms with Gasteiger partial charge in [0.15, 0.2) is 0 Å². The highest BCUT2D eigenvalue weighted by atomic mass is 19.4. The Morgan fingerprint density at radius 2 is 2.06 bits per heavy atom. The molecule has 3 aliphatic heterocycles. The minimum atomic E-state index is -4.43. The summed E-state index contributed by atoms with van der Waals surface area (Å²) in [6.07, 6.45) is 3.61. The highest BCUT2D eigenvalue weighted by molar-refractivity contribution is 5.87. The molecule has 7 nitrogen and oxygen atoms in total. The minimum absolute atomic E-state index is 0.00531. The van der Waals surface area contributed by atoms with Gasteiger partial charge in [0.05, 0.1) is 11.0 Å². The predicted molar refractivity (Wildman–Crippen MR) is 121 cm³/mol. The quantitative estimate of drug-likeness (QED) is 0.647. The zero-order chi connectivity index (χ0) is 24.5. The molecule has 0 aromatic carbocycles. The van der Waals surface area contributed by atoms with Crippen LogP contribution in [0.15, 0.2) is 18.6 Å². The van der Waals surface area contributed by atoms with E-state index in [0.717, 1.165) is 57.2 Å². The summed E-state index contributed by atoms with van der Waals surface area (Å²) in [4.78, 5) is 22.4. The molecule has 0 radical (unpaired) electrons. The highest BCUT2D eigenvalue weighted by Gasteiger charge is 2.61. The van der Waals surface area contributed by atoms with Crippen molar-refractivity contribution in [3.63, 3.8) is 0 Å². The van der Waals surface area contributed by atoms with Crippen molar-refractivity contribution in [3.05, 3.63) is 41.2 Å². The lowest BCUT2D eigenvalue weighted by atomic mass is 9.73. The number of nitrogens with zero attached hydrogens (tertiary/aromatic N) is 6. The van der Waals surface area contributed by atoms with Crippen LogP contribution in [0.1, 0.15) is 67.6 Å². The molecule has 2 saturated heterocycles. The second kappa shape index (κ2) is 8.01. The number of carbonyl (C=O) groups excluding carboxylic acids is 1. The molecule has 1 spiro atoms. The van der Waals surface area contributed by atoms with E-state index >= 15 is 0 Å². The number of rotatable bonds is 2. The molecule has 4 aliphatic rings. The van der Waals surface area contributed by atoms with E-state index in [4.69, 9.17) is 0 Å². The van der Waals surface area contributed by atoms with Crippen LogP contribution in [0.25, 0.3) is 0 Å². The molecule has 5 heterocycles. The van der Waals surface area contributed by atoms with Crippen molar-refractivity contribution in [3.8, 4) is 0 Å². The first-order valence-electron chi connectivity index (χ1n) is 12.6. The molecule has 6 rings (SSSR count). The van der Waals surface area contributed by atoms with Crippen molar-refractivity contribution in [2.24, 2.45) is 18.4 Å². The van der Waals surface area contributed by atoms with Gasteiger partial charge in [-0.3, -0.25) is 14.7 Å². The largest absolute Gasteiger partial charge is 0.417 e. The fraction of sp³-hybridized carbons (Fsp3) is 0.680. The van der Waals surface area contributed by atoms with Gasteiger partial charge in [0, 0.05) is 56.5 Å². The van der Waals surface area contributed by atoms with E-state index in [1.807, 2.05) is 16.5 Å². The van der Waals surface area contributed by atoms with Crippen LogP contribution >= 0.6 is 0 Å². The Hall–Kier alpha value is -2.49. The van der Waals surface area contributed by atoms with Crippen molar-refractivity contribution in [1.29, 1.82) is 0 Å². The summed E-state index contributed by atoms with van der Waals surface area (Å²) in [5, 5.41) is 8.39. The molecule has 1 amide bonds. The van der Waals surface area contributed by atoms with Gasteiger partial charge in [-0.05, 0) is 56.2 Å². The number of amides is 1. The normalized spacial score (nSPS) is 33.4. The van der Waals surface area contributed by atoms with Crippen molar-refractivity contribution >= 4 is 5.91 Å². The number of pyridine rings is 1. The summed E-state index contributed by atoms with van der Waals surface area (Å²) in [7, 11) is 1.98. The van der Waals surface area contributed by atoms with E-state index < -0.39 is 17.2 Å². The number of likely N-dealkylation sites (tertiary alicyclic amines) is 1. The highest BCUT2D eigenvalue weighted by Crippen LogP contribution is 2.55. The monoisotopic (exact) mass is 488 g/mol. The molecule has 2 aromatic rings. The Labute approximate surface area is 202 Å². The topological polar surface area (TPSA) is 67.2 Å². The number of aryl methyl sites for hydroxylation is 1. The van der Waals surface area contributed by atoms with Gasteiger partial charge >= 0.3 is 6.18 Å². The van der Waals surface area contributed by atoms with Gasteiger partial charge in [-0.2, -0.15) is 13.2 Å². The summed E-state index contributed by atoms with van der Waals surface area (Å²) in [6.45, 7) is 4.35. The summed E-state index contributed by atoms with van der Waals surface area (Å²) in [6, 6.07) is 1.53. The van der Waals surface area contributed by atoms with Gasteiger partial charge in [-0.1, -0.05) is 6.92 Å². The molecule has 0 bridgehead atoms. The lowest BCUT2D eigenvalue weighted by Gasteiger charge is -2.37. The summed E-state index contributed by atoms with van der Waals surface area (Å²) >= 11 is 0. The number of fused-ring (bicyclic) bond motifs is 2. The first kappa shape index (κ1) is 22.9. The van der Waals surface area contributed by atoms with E-state index in [-0.39, 0.29) is 24.4 Å². The van der Waals surface area contributed by atoms with Crippen LogP contribution in [0.4, 0.5) is 13.2 Å². The number of carbonyl (C=O) groups is 1. The number of hydrogen-bond donors (Lipinski definition) is 0. The molecule has 0 N–H and O–H groups in total. The van der Waals surface area contributed by atoms with Gasteiger partial charge in [0.25, 0.3) is 0 Å². The maximum atomic E-state index is 13.8. The molecule has 1 saturated carbocycles. The smallest absolute Gasteiger partial charge is 0.334 e. The number of halogens is 3. The van der Waals surface area contributed by atoms with Gasteiger partial charge in [-0.25, -0.2) is 0 Å². The Morgan fingerprint density at radius 3 is 2.80 bits per heavy atom. The van der Waals surface area contributed by atoms with Crippen LogP contribution < -0.4 is 0 Å². The Kier molecular flexibility index (Phi) is 5.25. The molecular formula is C25H31F3N6O. The average Bonchev–Trinajstić information content (AvgIpc) is 3.53. The standard InChI is InChI=1S/C25H31F3N6O/c1-15-21-9-20-17(8-18(11-29-20)25(26,27)28)13-34(21)23(35)24(15)6-5-19(10-24)33-7-3-4-16(12-33)22-31-30-14-32(22)2/h8,11,14-16,19,21H,3-7,9-10,12-13H2,1-2H3/t15?,16?,19?,21?,24-/m0/s1. The third-order valence-electron chi connectivity index (χ3n) is 9.27. The van der Waals surface area contributed by atoms with Crippen molar-refractivity contribution in [2.75, 3.05) is 13.1 Å². The van der Waals surface area contributed by atoms with Crippen LogP contribution in [-0.2, 0) is 31.0 Å². The van der Waals surface area contributed by atoms with Crippen LogP contribution in [0.3, 0.4) is 0 Å². The van der Waals surface area contributed by atoms with Crippen molar-refractivity contribution in [2.45, 2.75) is 76.2 Å². The maximum absolute atomic E-state index is 13.8. The van der Waals surface area contributed by atoms with E-state index in [9.17, 15) is 18.0 Å². The molecule has 2 aromatic heterocycles. The van der Waals surface area contributed by atoms with Gasteiger partial charge < -0.3 is 9.47 Å². The van der Waals surface area contributed by atoms with Crippen LogP contribution in [-0.4, -0.2) is 60.6 Å². The third kappa shape index (κ3) is 3.58. The van der Waals surface area contributed by atoms with E-state index in [0.29, 0.717) is 29.6 Å². The first-order chi connectivity index (χ1) is 16.7. The van der Waals surface area contributed by atoms with Crippen LogP contribution in [0.5, 0.6) is 0 Å². The van der Waals surface area contributed by atoms with Crippen molar-refractivity contribution in [1.82, 2.24) is 29.5 Å². The van der Waals surface area contributed by atoms with Crippen LogP contribution in [0, 0.1) is 11.3 Å². The third-order valence-corrected chi connectivity index (χ3v) is 9.27. The van der Waals surface area contributed by atoms with Crippen LogP contribution in [0.2, 0.25) is 0 Å². The molecule has 1 aliphatic carbocycles. The molecule has 3 fully saturated rings. The number of alkyl halides is 3. The minimum Gasteiger partial charge on any atom is -0.334 e. The summed E-state index contributed by atoms with van der Waals surface area (Å²) in [5.41, 5.74) is 0.0634. The SMILES string of the molecule is CC1C2Cc3ncc(C(F)(F)F)cc3CN2C(=O)[C@]12CCC(N1CCCC(c3nncn3C)C1)C2. The first-order valence-corrected chi connectivity index (χ1v) is 12.6. The van der Waals surface area contributed by atoms with Crippen molar-refractivity contribution < 1.29 is 18.0 Å². The van der Waals surface area contributed by atoms with E-state index in [1.54, 1.807) is 6.33 Å². The Balaban J connectivity index is 1.20. The van der Waals surface area contributed by atoms with Gasteiger partial charge in [-0.15, -0.1) is 10.2 Å². The number of hydrogen-bond acceptors (Lipinski definition) is 5. The molecule has 188 valence electrons. The predicted octanol–water partition coefficient (Wildman–Crippen LogP) is 3.55. The molecular weight excluding hydrogens is 457 g/mol. The molecule has 10 heteroatoms. The van der Waals surface area contributed by atoms with Gasteiger partial charge in [0.2, 0.25) is 5.91 Å². The average molecular weight is 489 g/mol. The number of piperidine rings is 1. The second-order valence-corrected chi connectivity index (χ2v) is 11.0. The fourth-order valence-corrected chi connectivity index (χ4v) is 7.32. The zero-order valence-electron chi connectivity index (χ0n) is 20.1. The molecule has 4 unspecified atom stereocenters. The number of aromatic nitrogens is 4. The lowest BCUT2D eigenvalue weighted by molar-refractivity contribution is -0.138. The maximum Gasteiger partial charge on any atom is 0.417 e. The van der Waals surface area contributed by atoms with Gasteiger partial charge in [0.1, 0.15) is 12.2 Å². The Morgan fingerprint density at radius 1 is 1.23 bits per heavy atom. The molecule has 5 atom stereocenters. The van der Waals surface area contributed by atoms with E-state index in [2.05, 4.69) is 27.0 Å². The summed E-state index contributed by atoms with van der Waals surface area (Å²) < 4.78 is 41.7. The second-order valence-electron chi connectivity index (χ2n) is 11.0. The summed E-state index contributed by atoms with van der Waals surface area (Å²) in [5.74, 6) is 1.64. The zero-order valence-corrected chi connectivity index (χ0v) is 20.1. The molecule has 35 heavy (non-hydrogen) atoms. The van der Waals surface area contributed by atoms with E-state index in [1.165, 1.54) is 6.07 Å². The lowest BCUT2D eigenvalue weighted by Crippen LogP contribution is -2.43. The fourth-order valence-electron chi connectivity index (χ4n) is 7.32. The Bertz CT molecular complexity index is 1150.